The maximum absolute atomic E-state index is 12.1. The van der Waals surface area contributed by atoms with E-state index in [9.17, 15) is 4.79 Å². The molecule has 0 bridgehead atoms. The van der Waals surface area contributed by atoms with Gasteiger partial charge in [0.2, 0.25) is 0 Å². The summed E-state index contributed by atoms with van der Waals surface area (Å²) < 4.78 is 11.1. The third-order valence-electron chi connectivity index (χ3n) is 4.01. The molecule has 0 radical (unpaired) electrons. The van der Waals surface area contributed by atoms with E-state index < -0.39 is 5.60 Å². The summed E-state index contributed by atoms with van der Waals surface area (Å²) in [7, 11) is 0. The molecule has 0 aromatic heterocycles. The first-order chi connectivity index (χ1) is 8.12. The average Bonchev–Trinajstić information content (AvgIpc) is 3.05. The van der Waals surface area contributed by atoms with Crippen LogP contribution < -0.4 is 0 Å². The van der Waals surface area contributed by atoms with E-state index >= 15 is 0 Å². The van der Waals surface area contributed by atoms with E-state index in [1.165, 1.54) is 0 Å². The fourth-order valence-corrected chi connectivity index (χ4v) is 2.67. The molecular weight excluding hydrogens is 216 g/mol. The summed E-state index contributed by atoms with van der Waals surface area (Å²) in [5, 5.41) is 0. The topological polar surface area (TPSA) is 38.8 Å². The van der Waals surface area contributed by atoms with Crippen molar-refractivity contribution in [3.8, 4) is 0 Å². The first-order valence-corrected chi connectivity index (χ1v) is 6.99. The van der Waals surface area contributed by atoms with E-state index in [-0.39, 0.29) is 11.6 Å². The lowest BCUT2D eigenvalue weighted by Gasteiger charge is -2.15. The lowest BCUT2D eigenvalue weighted by molar-refractivity contribution is -0.150. The third-order valence-corrected chi connectivity index (χ3v) is 4.01. The van der Waals surface area contributed by atoms with Crippen molar-refractivity contribution in [3.05, 3.63) is 0 Å². The van der Waals surface area contributed by atoms with Crippen LogP contribution in [0.25, 0.3) is 0 Å². The maximum atomic E-state index is 12.1. The minimum atomic E-state index is -0.650. The van der Waals surface area contributed by atoms with Gasteiger partial charge in [0.25, 0.3) is 0 Å². The molecule has 0 aromatic rings. The maximum Gasteiger partial charge on any atom is 0.341 e. The van der Waals surface area contributed by atoms with E-state index in [0.29, 0.717) is 13.0 Å². The van der Waals surface area contributed by atoms with E-state index in [1.54, 1.807) is 0 Å². The standard InChI is InChI=1S/C14H26O3/c1-5-9-10-11-16-12(15)14(8-4)13(6-2,7-3)17-14/h5-11H2,1-4H3. The Balaban J connectivity index is 2.50. The van der Waals surface area contributed by atoms with Gasteiger partial charge in [0, 0.05) is 0 Å². The van der Waals surface area contributed by atoms with Gasteiger partial charge in [-0.05, 0) is 25.7 Å². The molecule has 1 aliphatic heterocycles. The number of esters is 1. The molecule has 0 aliphatic carbocycles. The number of ether oxygens (including phenoxy) is 2. The van der Waals surface area contributed by atoms with Crippen LogP contribution in [0.15, 0.2) is 0 Å². The number of rotatable bonds is 8. The summed E-state index contributed by atoms with van der Waals surface area (Å²) in [6.45, 7) is 8.82. The fraction of sp³-hybridized carbons (Fsp3) is 0.929. The summed E-state index contributed by atoms with van der Waals surface area (Å²) >= 11 is 0. The van der Waals surface area contributed by atoms with Crippen LogP contribution >= 0.6 is 0 Å². The van der Waals surface area contributed by atoms with Gasteiger partial charge in [0.15, 0.2) is 5.60 Å². The largest absolute Gasteiger partial charge is 0.463 e. The number of epoxide rings is 1. The molecule has 1 heterocycles. The molecule has 0 spiro atoms. The predicted molar refractivity (Wildman–Crippen MR) is 67.9 cm³/mol. The Morgan fingerprint density at radius 1 is 1.06 bits per heavy atom. The highest BCUT2D eigenvalue weighted by Gasteiger charge is 2.72. The molecule has 17 heavy (non-hydrogen) atoms. The van der Waals surface area contributed by atoms with Gasteiger partial charge in [-0.25, -0.2) is 4.79 Å². The smallest absolute Gasteiger partial charge is 0.341 e. The van der Waals surface area contributed by atoms with Crippen LogP contribution in [0.1, 0.15) is 66.2 Å². The van der Waals surface area contributed by atoms with Gasteiger partial charge in [0.1, 0.15) is 5.60 Å². The minimum Gasteiger partial charge on any atom is -0.463 e. The molecule has 0 aromatic carbocycles. The van der Waals surface area contributed by atoms with Crippen molar-refractivity contribution in [2.75, 3.05) is 6.61 Å². The van der Waals surface area contributed by atoms with Crippen LogP contribution in [0, 0.1) is 0 Å². The van der Waals surface area contributed by atoms with Crippen molar-refractivity contribution in [1.29, 1.82) is 0 Å². The third kappa shape index (κ3) is 2.49. The second-order valence-electron chi connectivity index (χ2n) is 4.83. The van der Waals surface area contributed by atoms with E-state index in [2.05, 4.69) is 20.8 Å². The molecule has 1 unspecified atom stereocenters. The van der Waals surface area contributed by atoms with Gasteiger partial charge in [-0.2, -0.15) is 0 Å². The quantitative estimate of drug-likeness (QED) is 0.372. The van der Waals surface area contributed by atoms with Crippen LogP contribution in [0.2, 0.25) is 0 Å². The van der Waals surface area contributed by atoms with Crippen LogP contribution in [-0.2, 0) is 14.3 Å². The zero-order valence-corrected chi connectivity index (χ0v) is 11.7. The molecule has 3 nitrogen and oxygen atoms in total. The molecule has 1 rings (SSSR count). The second-order valence-corrected chi connectivity index (χ2v) is 4.83. The van der Waals surface area contributed by atoms with Crippen molar-refractivity contribution in [1.82, 2.24) is 0 Å². The lowest BCUT2D eigenvalue weighted by atomic mass is 9.86. The predicted octanol–water partition coefficient (Wildman–Crippen LogP) is 3.46. The van der Waals surface area contributed by atoms with E-state index in [0.717, 1.165) is 32.1 Å². The first-order valence-electron chi connectivity index (χ1n) is 6.99. The summed E-state index contributed by atoms with van der Waals surface area (Å²) in [4.78, 5) is 12.1. The van der Waals surface area contributed by atoms with Gasteiger partial charge in [0.05, 0.1) is 6.61 Å². The molecule has 0 saturated carbocycles. The Labute approximate surface area is 105 Å². The molecular formula is C14H26O3. The van der Waals surface area contributed by atoms with Gasteiger partial charge in [-0.15, -0.1) is 0 Å². The van der Waals surface area contributed by atoms with E-state index in [4.69, 9.17) is 9.47 Å². The average molecular weight is 242 g/mol. The molecule has 1 saturated heterocycles. The summed E-state index contributed by atoms with van der Waals surface area (Å²) in [6, 6.07) is 0. The highest BCUT2D eigenvalue weighted by Crippen LogP contribution is 2.55. The molecule has 0 amide bonds. The zero-order chi connectivity index (χ0) is 12.9. The molecule has 1 atom stereocenters. The molecule has 1 aliphatic rings. The summed E-state index contributed by atoms with van der Waals surface area (Å²) in [6.07, 6.45) is 5.66. The number of hydrogen-bond donors (Lipinski definition) is 0. The lowest BCUT2D eigenvalue weighted by Crippen LogP contribution is -2.35. The normalized spacial score (nSPS) is 25.6. The Morgan fingerprint density at radius 2 is 1.71 bits per heavy atom. The molecule has 1 fully saturated rings. The van der Waals surface area contributed by atoms with E-state index in [1.807, 2.05) is 6.92 Å². The Bertz CT molecular complexity index is 258. The molecule has 0 N–H and O–H groups in total. The Morgan fingerprint density at radius 3 is 2.12 bits per heavy atom. The second kappa shape index (κ2) is 5.85. The SMILES string of the molecule is CCCCCOC(=O)C1(CC)OC1(CC)CC. The zero-order valence-electron chi connectivity index (χ0n) is 11.7. The molecule has 100 valence electrons. The van der Waals surface area contributed by atoms with Crippen molar-refractivity contribution >= 4 is 5.97 Å². The van der Waals surface area contributed by atoms with Crippen LogP contribution in [0.4, 0.5) is 0 Å². The van der Waals surface area contributed by atoms with Gasteiger partial charge in [-0.1, -0.05) is 40.5 Å². The van der Waals surface area contributed by atoms with Crippen molar-refractivity contribution < 1.29 is 14.3 Å². The summed E-state index contributed by atoms with van der Waals surface area (Å²) in [5.74, 6) is -0.153. The van der Waals surface area contributed by atoms with Crippen molar-refractivity contribution in [2.24, 2.45) is 0 Å². The highest BCUT2D eigenvalue weighted by molar-refractivity contribution is 5.84. The van der Waals surface area contributed by atoms with Crippen LogP contribution in [-0.4, -0.2) is 23.8 Å². The first kappa shape index (κ1) is 14.5. The number of unbranched alkanes of at least 4 members (excludes halogenated alkanes) is 2. The van der Waals surface area contributed by atoms with Crippen LogP contribution in [0.3, 0.4) is 0 Å². The Hall–Kier alpha value is -0.570. The summed E-state index contributed by atoms with van der Waals surface area (Å²) in [5.41, 5.74) is -0.910. The van der Waals surface area contributed by atoms with Crippen molar-refractivity contribution in [3.63, 3.8) is 0 Å². The van der Waals surface area contributed by atoms with Gasteiger partial charge >= 0.3 is 5.97 Å². The van der Waals surface area contributed by atoms with Crippen LogP contribution in [0.5, 0.6) is 0 Å². The highest BCUT2D eigenvalue weighted by atomic mass is 16.7. The number of carbonyl (C=O) groups excluding carboxylic acids is 1. The van der Waals surface area contributed by atoms with Gasteiger partial charge < -0.3 is 9.47 Å². The fourth-order valence-electron chi connectivity index (χ4n) is 2.67. The molecule has 3 heteroatoms. The monoisotopic (exact) mass is 242 g/mol. The van der Waals surface area contributed by atoms with Crippen molar-refractivity contribution in [2.45, 2.75) is 77.4 Å². The van der Waals surface area contributed by atoms with Gasteiger partial charge in [-0.3, -0.25) is 0 Å². The minimum absolute atomic E-state index is 0.153. The Kier molecular flexibility index (Phi) is 4.99. The number of carbonyl (C=O) groups is 1. The number of hydrogen-bond acceptors (Lipinski definition) is 3.